The summed E-state index contributed by atoms with van der Waals surface area (Å²) in [6.07, 6.45) is 33.2. The second kappa shape index (κ2) is 22.4. The Kier molecular flexibility index (Phi) is 19.2. The van der Waals surface area contributed by atoms with Crippen molar-refractivity contribution in [3.05, 3.63) is 97.2 Å². The fourth-order valence-corrected chi connectivity index (χ4v) is 3.60. The summed E-state index contributed by atoms with van der Waals surface area (Å²) in [6.45, 7) is 6.18. The zero-order chi connectivity index (χ0) is 28.6. The molecule has 212 valence electrons. The van der Waals surface area contributed by atoms with Crippen LogP contribution in [0.15, 0.2) is 97.2 Å². The van der Waals surface area contributed by atoms with Gasteiger partial charge in [-0.1, -0.05) is 93.7 Å². The van der Waals surface area contributed by atoms with Crippen LogP contribution in [-0.4, -0.2) is 23.0 Å². The van der Waals surface area contributed by atoms with Crippen LogP contribution < -0.4 is 10.6 Å². The molecule has 0 saturated heterocycles. The minimum Gasteiger partial charge on any atom is -0.508 e. The first-order chi connectivity index (χ1) is 18.9. The summed E-state index contributed by atoms with van der Waals surface area (Å²) >= 11 is 0. The number of carbonyl (C=O) groups excluding carboxylic acids is 2. The number of rotatable bonds is 19. The Morgan fingerprint density at radius 3 is 1.67 bits per heavy atom. The van der Waals surface area contributed by atoms with E-state index in [4.69, 9.17) is 0 Å². The molecule has 39 heavy (non-hydrogen) atoms. The van der Waals surface area contributed by atoms with E-state index in [-0.39, 0.29) is 23.5 Å². The van der Waals surface area contributed by atoms with Gasteiger partial charge in [-0.25, -0.2) is 0 Å². The summed E-state index contributed by atoms with van der Waals surface area (Å²) in [5, 5.41) is 15.1. The van der Waals surface area contributed by atoms with Crippen LogP contribution in [0.2, 0.25) is 0 Å². The lowest BCUT2D eigenvalue weighted by Gasteiger charge is -2.20. The van der Waals surface area contributed by atoms with Crippen LogP contribution in [0, 0.1) is 5.92 Å². The predicted molar refractivity (Wildman–Crippen MR) is 166 cm³/mol. The SMILES string of the molecule is CCC=CCC=CCC=CCC=CCC=CCC=CCCC(=O)NC(CC(C)C)C(=O)Nc1ccc(O)cc1. The molecule has 0 aliphatic heterocycles. The molecule has 0 heterocycles. The summed E-state index contributed by atoms with van der Waals surface area (Å²) in [7, 11) is 0. The van der Waals surface area contributed by atoms with Crippen LogP contribution in [-0.2, 0) is 9.59 Å². The Morgan fingerprint density at radius 2 is 1.21 bits per heavy atom. The third-order valence-corrected chi connectivity index (χ3v) is 5.63. The van der Waals surface area contributed by atoms with E-state index in [0.717, 1.165) is 38.5 Å². The molecule has 5 heteroatoms. The number of amides is 2. The Morgan fingerprint density at radius 1 is 0.744 bits per heavy atom. The summed E-state index contributed by atoms with van der Waals surface area (Å²) in [4.78, 5) is 25.1. The van der Waals surface area contributed by atoms with Crippen LogP contribution in [0.5, 0.6) is 5.75 Å². The number of phenolic OH excluding ortho intramolecular Hbond substituents is 1. The highest BCUT2D eigenvalue weighted by molar-refractivity contribution is 5.97. The van der Waals surface area contributed by atoms with Crippen molar-refractivity contribution in [2.75, 3.05) is 5.32 Å². The van der Waals surface area contributed by atoms with Crippen molar-refractivity contribution in [1.82, 2.24) is 5.32 Å². The van der Waals surface area contributed by atoms with E-state index >= 15 is 0 Å². The average molecular weight is 533 g/mol. The second-order valence-electron chi connectivity index (χ2n) is 9.74. The summed E-state index contributed by atoms with van der Waals surface area (Å²) in [5.74, 6) is -0.00336. The second-order valence-corrected chi connectivity index (χ2v) is 9.74. The molecule has 0 saturated carbocycles. The first kappa shape index (κ1) is 33.4. The number of hydrogen-bond donors (Lipinski definition) is 3. The van der Waals surface area contributed by atoms with E-state index < -0.39 is 6.04 Å². The topological polar surface area (TPSA) is 78.4 Å². The number of hydrogen-bond acceptors (Lipinski definition) is 3. The van der Waals surface area contributed by atoms with Gasteiger partial charge in [0.25, 0.3) is 0 Å². The molecule has 2 amide bonds. The van der Waals surface area contributed by atoms with E-state index in [1.165, 1.54) is 12.1 Å². The highest BCUT2D eigenvalue weighted by atomic mass is 16.3. The molecule has 1 aromatic carbocycles. The maximum atomic E-state index is 12.7. The van der Waals surface area contributed by atoms with Crippen LogP contribution in [0.3, 0.4) is 0 Å². The van der Waals surface area contributed by atoms with Gasteiger partial charge in [0.2, 0.25) is 11.8 Å². The van der Waals surface area contributed by atoms with Gasteiger partial charge >= 0.3 is 0 Å². The molecular weight excluding hydrogens is 484 g/mol. The average Bonchev–Trinajstić information content (AvgIpc) is 2.90. The van der Waals surface area contributed by atoms with Gasteiger partial charge in [0, 0.05) is 12.1 Å². The first-order valence-electron chi connectivity index (χ1n) is 14.2. The normalized spacial score (nSPS) is 13.2. The van der Waals surface area contributed by atoms with Crippen LogP contribution in [0.25, 0.3) is 0 Å². The highest BCUT2D eigenvalue weighted by Crippen LogP contribution is 2.15. The lowest BCUT2D eigenvalue weighted by atomic mass is 10.0. The smallest absolute Gasteiger partial charge is 0.246 e. The number of nitrogens with one attached hydrogen (secondary N) is 2. The fraction of sp³-hybridized carbons (Fsp3) is 0.412. The fourth-order valence-electron chi connectivity index (χ4n) is 3.60. The minimum atomic E-state index is -0.600. The summed E-state index contributed by atoms with van der Waals surface area (Å²) in [6, 6.07) is 5.68. The Balaban J connectivity index is 2.22. The Labute approximate surface area is 236 Å². The maximum Gasteiger partial charge on any atom is 0.246 e. The molecule has 0 aromatic heterocycles. The third-order valence-electron chi connectivity index (χ3n) is 5.63. The van der Waals surface area contributed by atoms with Crippen molar-refractivity contribution in [3.63, 3.8) is 0 Å². The van der Waals surface area contributed by atoms with Crippen molar-refractivity contribution in [2.45, 2.75) is 84.6 Å². The summed E-state index contributed by atoms with van der Waals surface area (Å²) in [5.41, 5.74) is 0.582. The van der Waals surface area contributed by atoms with Gasteiger partial charge in [-0.15, -0.1) is 0 Å². The van der Waals surface area contributed by atoms with Gasteiger partial charge in [-0.3, -0.25) is 9.59 Å². The number of allylic oxidation sites excluding steroid dienone is 12. The standard InChI is InChI=1S/C34H48N2O3/c1-4-5-6-7-8-9-10-11-12-13-14-15-16-17-18-19-20-21-22-23-33(38)36-32(28-29(2)3)34(39)35-30-24-26-31(37)27-25-30/h5-6,8-9,11-12,14-15,17-18,20-21,24-27,29,32,37H,4,7,10,13,16,19,22-23,28H2,1-3H3,(H,35,39)(H,36,38). The number of carbonyl (C=O) groups is 2. The molecule has 0 bridgehead atoms. The molecule has 0 fully saturated rings. The molecule has 3 N–H and O–H groups in total. The largest absolute Gasteiger partial charge is 0.508 e. The molecule has 0 spiro atoms. The number of phenols is 1. The van der Waals surface area contributed by atoms with Gasteiger partial charge in [0.15, 0.2) is 0 Å². The molecule has 0 radical (unpaired) electrons. The van der Waals surface area contributed by atoms with Crippen molar-refractivity contribution < 1.29 is 14.7 Å². The zero-order valence-corrected chi connectivity index (χ0v) is 24.0. The first-order valence-corrected chi connectivity index (χ1v) is 14.2. The van der Waals surface area contributed by atoms with Gasteiger partial charge in [-0.05, 0) is 81.5 Å². The molecule has 5 nitrogen and oxygen atoms in total. The van der Waals surface area contributed by atoms with Crippen LogP contribution >= 0.6 is 0 Å². The maximum absolute atomic E-state index is 12.7. The van der Waals surface area contributed by atoms with E-state index in [2.05, 4.69) is 84.4 Å². The molecule has 0 aliphatic carbocycles. The Bertz CT molecular complexity index is 982. The van der Waals surface area contributed by atoms with E-state index in [1.807, 2.05) is 19.9 Å². The van der Waals surface area contributed by atoms with E-state index in [0.29, 0.717) is 24.9 Å². The van der Waals surface area contributed by atoms with Gasteiger partial charge < -0.3 is 15.7 Å². The molecule has 1 aromatic rings. The molecule has 1 rings (SSSR count). The third kappa shape index (κ3) is 19.2. The number of anilines is 1. The Hall–Kier alpha value is -3.60. The molecule has 1 atom stereocenters. The van der Waals surface area contributed by atoms with Crippen LogP contribution in [0.1, 0.15) is 78.6 Å². The predicted octanol–water partition coefficient (Wildman–Crippen LogP) is 8.34. The van der Waals surface area contributed by atoms with Gasteiger partial charge in [0.1, 0.15) is 11.8 Å². The monoisotopic (exact) mass is 532 g/mol. The number of aromatic hydroxyl groups is 1. The molecule has 1 unspecified atom stereocenters. The van der Waals surface area contributed by atoms with Crippen molar-refractivity contribution in [2.24, 2.45) is 5.92 Å². The lowest BCUT2D eigenvalue weighted by Crippen LogP contribution is -2.44. The van der Waals surface area contributed by atoms with Crippen molar-refractivity contribution in [1.29, 1.82) is 0 Å². The van der Waals surface area contributed by atoms with E-state index in [9.17, 15) is 14.7 Å². The zero-order valence-electron chi connectivity index (χ0n) is 24.0. The lowest BCUT2D eigenvalue weighted by molar-refractivity contribution is -0.126. The van der Waals surface area contributed by atoms with E-state index in [1.54, 1.807) is 12.1 Å². The molecular formula is C34H48N2O3. The van der Waals surface area contributed by atoms with Crippen molar-refractivity contribution in [3.8, 4) is 5.75 Å². The van der Waals surface area contributed by atoms with Crippen LogP contribution in [0.4, 0.5) is 5.69 Å². The molecule has 0 aliphatic rings. The van der Waals surface area contributed by atoms with Gasteiger partial charge in [0.05, 0.1) is 0 Å². The number of benzene rings is 1. The summed E-state index contributed by atoms with van der Waals surface area (Å²) < 4.78 is 0. The quantitative estimate of drug-likeness (QED) is 0.124. The highest BCUT2D eigenvalue weighted by Gasteiger charge is 2.21. The van der Waals surface area contributed by atoms with Crippen molar-refractivity contribution >= 4 is 17.5 Å². The minimum absolute atomic E-state index is 0.134. The van der Waals surface area contributed by atoms with Gasteiger partial charge in [-0.2, -0.15) is 0 Å².